The summed E-state index contributed by atoms with van der Waals surface area (Å²) in [4.78, 5) is 8.02. The lowest BCUT2D eigenvalue weighted by molar-refractivity contribution is 0.360. The van der Waals surface area contributed by atoms with Crippen molar-refractivity contribution in [3.63, 3.8) is 0 Å². The third-order valence-electron chi connectivity index (χ3n) is 4.85. The molecular weight excluding hydrogens is 390 g/mol. The van der Waals surface area contributed by atoms with E-state index in [1.807, 2.05) is 67.7 Å². The molecule has 7 heteroatoms. The lowest BCUT2D eigenvalue weighted by Gasteiger charge is -2.18. The fourth-order valence-electron chi connectivity index (χ4n) is 3.33. The van der Waals surface area contributed by atoms with Gasteiger partial charge in [-0.15, -0.1) is 11.3 Å². The van der Waals surface area contributed by atoms with Crippen molar-refractivity contribution < 1.29 is 0 Å². The van der Waals surface area contributed by atoms with Crippen molar-refractivity contribution in [2.24, 2.45) is 5.73 Å². The maximum Gasteiger partial charge on any atom is 0.154 e. The molecule has 28 heavy (non-hydrogen) atoms. The van der Waals surface area contributed by atoms with Gasteiger partial charge in [-0.2, -0.15) is 0 Å². The second-order valence-electron chi connectivity index (χ2n) is 6.67. The van der Waals surface area contributed by atoms with Crippen LogP contribution in [0.15, 0.2) is 60.5 Å². The van der Waals surface area contributed by atoms with Gasteiger partial charge in [-0.05, 0) is 50.3 Å². The molecule has 3 heterocycles. The third kappa shape index (κ3) is 3.24. The van der Waals surface area contributed by atoms with Crippen molar-refractivity contribution in [1.29, 1.82) is 0 Å². The van der Waals surface area contributed by atoms with Gasteiger partial charge in [-0.3, -0.25) is 5.01 Å². The van der Waals surface area contributed by atoms with E-state index < -0.39 is 0 Å². The van der Waals surface area contributed by atoms with Crippen LogP contribution in [0.25, 0.3) is 11.3 Å². The van der Waals surface area contributed by atoms with Gasteiger partial charge in [0.25, 0.3) is 0 Å². The number of fused-ring (bicyclic) bond motifs is 1. The van der Waals surface area contributed by atoms with Gasteiger partial charge in [0, 0.05) is 35.2 Å². The van der Waals surface area contributed by atoms with Gasteiger partial charge in [0.15, 0.2) is 5.82 Å². The van der Waals surface area contributed by atoms with E-state index in [2.05, 4.69) is 23.3 Å². The second kappa shape index (κ2) is 7.47. The van der Waals surface area contributed by atoms with E-state index in [-0.39, 0.29) is 6.04 Å². The van der Waals surface area contributed by atoms with Crippen LogP contribution in [0.2, 0.25) is 5.02 Å². The Balaban J connectivity index is 1.82. The molecular formula is C21H22ClN5S. The summed E-state index contributed by atoms with van der Waals surface area (Å²) < 4.78 is 0. The van der Waals surface area contributed by atoms with Crippen LogP contribution in [0.1, 0.15) is 23.7 Å². The van der Waals surface area contributed by atoms with Gasteiger partial charge in [0.1, 0.15) is 5.01 Å². The Labute approximate surface area is 174 Å². The van der Waals surface area contributed by atoms with E-state index in [1.165, 1.54) is 5.57 Å². The molecule has 144 valence electrons. The predicted octanol–water partition coefficient (Wildman–Crippen LogP) is 4.89. The highest BCUT2D eigenvalue weighted by atomic mass is 35.5. The van der Waals surface area contributed by atoms with Gasteiger partial charge >= 0.3 is 0 Å². The second-order valence-corrected chi connectivity index (χ2v) is 8.11. The first-order valence-electron chi connectivity index (χ1n) is 9.06. The zero-order valence-electron chi connectivity index (χ0n) is 16.0. The quantitative estimate of drug-likeness (QED) is 0.750. The number of benzene rings is 1. The van der Waals surface area contributed by atoms with E-state index in [0.717, 1.165) is 32.8 Å². The molecule has 0 aliphatic carbocycles. The Morgan fingerprint density at radius 2 is 2.07 bits per heavy atom. The third-order valence-corrected chi connectivity index (χ3v) is 6.23. The number of hydrogen-bond donors (Lipinski definition) is 2. The lowest BCUT2D eigenvalue weighted by Crippen LogP contribution is -2.32. The van der Waals surface area contributed by atoms with Crippen molar-refractivity contribution in [3.05, 3.63) is 75.4 Å². The van der Waals surface area contributed by atoms with E-state index in [1.54, 1.807) is 11.3 Å². The normalized spacial score (nSPS) is 18.8. The molecule has 0 spiro atoms. The first-order valence-corrected chi connectivity index (χ1v) is 10.3. The molecule has 2 aliphatic rings. The van der Waals surface area contributed by atoms with Gasteiger partial charge < -0.3 is 10.6 Å². The van der Waals surface area contributed by atoms with Crippen LogP contribution in [0.3, 0.4) is 0 Å². The molecule has 1 aromatic heterocycles. The summed E-state index contributed by atoms with van der Waals surface area (Å²) in [5.41, 5.74) is 13.8. The smallest absolute Gasteiger partial charge is 0.154 e. The predicted molar refractivity (Wildman–Crippen MR) is 119 cm³/mol. The maximum atomic E-state index is 6.33. The summed E-state index contributed by atoms with van der Waals surface area (Å²) in [5, 5.41) is 3.72. The molecule has 4 rings (SSSR count). The minimum absolute atomic E-state index is 0.155. The van der Waals surface area contributed by atoms with Crippen molar-refractivity contribution in [3.8, 4) is 0 Å². The molecule has 1 aromatic carbocycles. The lowest BCUT2D eigenvalue weighted by atomic mass is 10.1. The summed E-state index contributed by atoms with van der Waals surface area (Å²) in [5.74, 6) is 0.840. The highest BCUT2D eigenvalue weighted by molar-refractivity contribution is 7.14. The molecule has 0 saturated carbocycles. The van der Waals surface area contributed by atoms with Crippen LogP contribution in [0.5, 0.6) is 0 Å². The van der Waals surface area contributed by atoms with Crippen LogP contribution in [-0.4, -0.2) is 23.1 Å². The minimum Gasteiger partial charge on any atom is -0.398 e. The SMILES string of the molecule is CC=C(N)c1sc(C2=C3C=CC=CN3NC2C)nc1N(C)c1ccc(Cl)cc1. The fourth-order valence-corrected chi connectivity index (χ4v) is 4.68. The van der Waals surface area contributed by atoms with E-state index in [9.17, 15) is 0 Å². The number of thiazole rings is 1. The largest absolute Gasteiger partial charge is 0.398 e. The summed E-state index contributed by atoms with van der Waals surface area (Å²) in [7, 11) is 2.00. The number of nitrogens with one attached hydrogen (secondary N) is 1. The summed E-state index contributed by atoms with van der Waals surface area (Å²) >= 11 is 7.67. The Morgan fingerprint density at radius 3 is 2.79 bits per heavy atom. The molecule has 0 bridgehead atoms. The number of nitrogens with zero attached hydrogens (tertiary/aromatic N) is 3. The van der Waals surface area contributed by atoms with Crippen LogP contribution in [-0.2, 0) is 0 Å². The van der Waals surface area contributed by atoms with Crippen molar-refractivity contribution in [2.45, 2.75) is 19.9 Å². The average Bonchev–Trinajstić information content (AvgIpc) is 3.27. The number of rotatable bonds is 4. The number of nitrogens with two attached hydrogens (primary N) is 1. The number of hydrogen-bond acceptors (Lipinski definition) is 6. The zero-order chi connectivity index (χ0) is 19.8. The molecule has 1 unspecified atom stereocenters. The Kier molecular flexibility index (Phi) is 5.02. The Bertz CT molecular complexity index is 1020. The van der Waals surface area contributed by atoms with Crippen molar-refractivity contribution in [1.82, 2.24) is 15.4 Å². The molecule has 3 N–H and O–H groups in total. The van der Waals surface area contributed by atoms with Gasteiger partial charge in [0.2, 0.25) is 0 Å². The van der Waals surface area contributed by atoms with Crippen LogP contribution >= 0.6 is 22.9 Å². The molecule has 0 amide bonds. The highest BCUT2D eigenvalue weighted by Gasteiger charge is 2.31. The first kappa shape index (κ1) is 18.8. The molecule has 2 aliphatic heterocycles. The van der Waals surface area contributed by atoms with Gasteiger partial charge in [0.05, 0.1) is 16.6 Å². The van der Waals surface area contributed by atoms with Gasteiger partial charge in [-0.1, -0.05) is 23.8 Å². The molecule has 2 aromatic rings. The van der Waals surface area contributed by atoms with Crippen molar-refractivity contribution >= 4 is 45.7 Å². The Morgan fingerprint density at radius 1 is 1.32 bits per heavy atom. The highest BCUT2D eigenvalue weighted by Crippen LogP contribution is 2.40. The minimum atomic E-state index is 0.155. The van der Waals surface area contributed by atoms with E-state index in [0.29, 0.717) is 5.02 Å². The zero-order valence-corrected chi connectivity index (χ0v) is 17.6. The van der Waals surface area contributed by atoms with Gasteiger partial charge in [-0.25, -0.2) is 10.4 Å². The van der Waals surface area contributed by atoms with E-state index >= 15 is 0 Å². The molecule has 0 saturated heterocycles. The van der Waals surface area contributed by atoms with E-state index in [4.69, 9.17) is 22.3 Å². The fraction of sp³-hybridized carbons (Fsp3) is 0.190. The summed E-state index contributed by atoms with van der Waals surface area (Å²) in [6.07, 6.45) is 10.1. The molecule has 1 atom stereocenters. The summed E-state index contributed by atoms with van der Waals surface area (Å²) in [6.45, 7) is 4.09. The number of halogens is 1. The average molecular weight is 412 g/mol. The number of hydrazine groups is 1. The van der Waals surface area contributed by atoms with Crippen molar-refractivity contribution in [2.75, 3.05) is 11.9 Å². The standard InChI is InChI=1S/C21H22ClN5S/c1-4-16(23)19-20(26(3)15-10-8-14(22)9-11-15)24-21(28-19)18-13(2)25-27-12-6-5-7-17(18)27/h4-13,25H,23H2,1-3H3. The number of aromatic nitrogens is 1. The monoisotopic (exact) mass is 411 g/mol. The number of allylic oxidation sites excluding steroid dienone is 4. The first-order chi connectivity index (χ1) is 13.5. The molecule has 0 fully saturated rings. The van der Waals surface area contributed by atoms with Crippen LogP contribution in [0, 0.1) is 0 Å². The Hall–Kier alpha value is -2.54. The topological polar surface area (TPSA) is 57.4 Å². The van der Waals surface area contributed by atoms with Crippen LogP contribution in [0.4, 0.5) is 11.5 Å². The summed E-state index contributed by atoms with van der Waals surface area (Å²) in [6, 6.07) is 7.87. The molecule has 5 nitrogen and oxygen atoms in total. The van der Waals surface area contributed by atoms with Crippen LogP contribution < -0.4 is 16.1 Å². The maximum absolute atomic E-state index is 6.33. The molecule has 0 radical (unpaired) electrons. The number of anilines is 2.